The molecule has 17 heavy (non-hydrogen) atoms. The molecule has 0 heterocycles. The van der Waals surface area contributed by atoms with E-state index in [9.17, 15) is 9.90 Å². The van der Waals surface area contributed by atoms with Crippen LogP contribution in [0.5, 0.6) is 0 Å². The average molecular weight is 243 g/mol. The summed E-state index contributed by atoms with van der Waals surface area (Å²) < 4.78 is 0. The fraction of sp³-hybridized carbons (Fsp3) is 0.929. The Balaban J connectivity index is 4.17. The molecule has 0 bridgehead atoms. The zero-order valence-electron chi connectivity index (χ0n) is 12.5. The Morgan fingerprint density at radius 2 is 1.71 bits per heavy atom. The molecule has 1 unspecified atom stereocenters. The van der Waals surface area contributed by atoms with Gasteiger partial charge in [-0.05, 0) is 31.6 Å². The highest BCUT2D eigenvalue weighted by molar-refractivity contribution is 5.76. The van der Waals surface area contributed by atoms with Crippen molar-refractivity contribution in [3.05, 3.63) is 0 Å². The second-order valence-electron chi connectivity index (χ2n) is 7.14. The smallest absolute Gasteiger partial charge is 0.222 e. The Labute approximate surface area is 106 Å². The molecule has 102 valence electrons. The van der Waals surface area contributed by atoms with E-state index in [1.165, 1.54) is 0 Å². The lowest BCUT2D eigenvalue weighted by Gasteiger charge is -2.28. The van der Waals surface area contributed by atoms with Crippen LogP contribution in [-0.2, 0) is 4.79 Å². The van der Waals surface area contributed by atoms with Crippen LogP contribution in [-0.4, -0.2) is 35.1 Å². The predicted octanol–water partition coefficient (Wildman–Crippen LogP) is 2.68. The zero-order valence-corrected chi connectivity index (χ0v) is 12.5. The van der Waals surface area contributed by atoms with Crippen LogP contribution in [0.3, 0.4) is 0 Å². The van der Waals surface area contributed by atoms with E-state index < -0.39 is 5.60 Å². The van der Waals surface area contributed by atoms with Gasteiger partial charge in [0.2, 0.25) is 5.91 Å². The van der Waals surface area contributed by atoms with Gasteiger partial charge in [0, 0.05) is 20.0 Å². The molecule has 0 saturated heterocycles. The van der Waals surface area contributed by atoms with Crippen LogP contribution in [0.25, 0.3) is 0 Å². The Bertz CT molecular complexity index is 248. The van der Waals surface area contributed by atoms with Gasteiger partial charge in [0.1, 0.15) is 0 Å². The van der Waals surface area contributed by atoms with Crippen molar-refractivity contribution in [2.24, 2.45) is 11.3 Å². The molecule has 0 aromatic carbocycles. The molecule has 0 aliphatic rings. The molecule has 1 N–H and O–H groups in total. The maximum atomic E-state index is 11.9. The monoisotopic (exact) mass is 243 g/mol. The van der Waals surface area contributed by atoms with Crippen molar-refractivity contribution in [2.45, 2.75) is 60.0 Å². The summed E-state index contributed by atoms with van der Waals surface area (Å²) in [5, 5.41) is 9.66. The van der Waals surface area contributed by atoms with Crippen molar-refractivity contribution in [2.75, 3.05) is 13.6 Å². The third-order valence-electron chi connectivity index (χ3n) is 2.53. The van der Waals surface area contributed by atoms with Crippen LogP contribution in [0, 0.1) is 11.3 Å². The molecule has 3 heteroatoms. The fourth-order valence-corrected chi connectivity index (χ4v) is 2.24. The minimum Gasteiger partial charge on any atom is -0.389 e. The maximum absolute atomic E-state index is 11.9. The SMILES string of the molecule is CC(CC(=O)N(C)CC(C)(C)O)CC(C)(C)C. The summed E-state index contributed by atoms with van der Waals surface area (Å²) >= 11 is 0. The largest absolute Gasteiger partial charge is 0.389 e. The molecule has 0 aliphatic carbocycles. The van der Waals surface area contributed by atoms with E-state index in [0.717, 1.165) is 6.42 Å². The van der Waals surface area contributed by atoms with E-state index in [-0.39, 0.29) is 11.3 Å². The van der Waals surface area contributed by atoms with E-state index in [0.29, 0.717) is 18.9 Å². The van der Waals surface area contributed by atoms with Gasteiger partial charge in [0.05, 0.1) is 5.60 Å². The van der Waals surface area contributed by atoms with E-state index in [1.807, 2.05) is 0 Å². The van der Waals surface area contributed by atoms with E-state index in [1.54, 1.807) is 25.8 Å². The highest BCUT2D eigenvalue weighted by Gasteiger charge is 2.22. The van der Waals surface area contributed by atoms with Crippen molar-refractivity contribution < 1.29 is 9.90 Å². The first-order valence-corrected chi connectivity index (χ1v) is 6.37. The van der Waals surface area contributed by atoms with Crippen molar-refractivity contribution in [3.8, 4) is 0 Å². The molecule has 0 saturated carbocycles. The number of amides is 1. The first kappa shape index (κ1) is 16.4. The summed E-state index contributed by atoms with van der Waals surface area (Å²) in [5.74, 6) is 0.496. The molecule has 0 radical (unpaired) electrons. The number of hydrogen-bond donors (Lipinski definition) is 1. The van der Waals surface area contributed by atoms with Crippen molar-refractivity contribution >= 4 is 5.91 Å². The van der Waals surface area contributed by atoms with Crippen LogP contribution in [0.2, 0.25) is 0 Å². The van der Waals surface area contributed by atoms with Gasteiger partial charge in [-0.1, -0.05) is 27.7 Å². The molecule has 0 fully saturated rings. The van der Waals surface area contributed by atoms with Crippen LogP contribution >= 0.6 is 0 Å². The molecule has 0 aliphatic heterocycles. The number of nitrogens with zero attached hydrogens (tertiary/aromatic N) is 1. The second-order valence-corrected chi connectivity index (χ2v) is 7.14. The highest BCUT2D eigenvalue weighted by atomic mass is 16.3. The second kappa shape index (κ2) is 5.85. The first-order valence-electron chi connectivity index (χ1n) is 6.37. The number of aliphatic hydroxyl groups is 1. The normalized spacial score (nSPS) is 14.6. The molecule has 0 aromatic rings. The standard InChI is InChI=1S/C14H29NO2/c1-11(9-13(2,3)4)8-12(16)15(7)10-14(5,6)17/h11,17H,8-10H2,1-7H3. The Morgan fingerprint density at radius 1 is 1.24 bits per heavy atom. The number of likely N-dealkylation sites (N-methyl/N-ethyl adjacent to an activating group) is 1. The molecule has 1 amide bonds. The zero-order chi connectivity index (χ0) is 13.9. The van der Waals surface area contributed by atoms with E-state index in [2.05, 4.69) is 27.7 Å². The van der Waals surface area contributed by atoms with E-state index >= 15 is 0 Å². The lowest BCUT2D eigenvalue weighted by Crippen LogP contribution is -2.40. The van der Waals surface area contributed by atoms with Crippen LogP contribution in [0.15, 0.2) is 0 Å². The Hall–Kier alpha value is -0.570. The predicted molar refractivity (Wildman–Crippen MR) is 71.8 cm³/mol. The number of carbonyl (C=O) groups excluding carboxylic acids is 1. The molecular weight excluding hydrogens is 214 g/mol. The van der Waals surface area contributed by atoms with Gasteiger partial charge in [0.25, 0.3) is 0 Å². The van der Waals surface area contributed by atoms with Crippen molar-refractivity contribution in [1.29, 1.82) is 0 Å². The van der Waals surface area contributed by atoms with Gasteiger partial charge in [0.15, 0.2) is 0 Å². The summed E-state index contributed by atoms with van der Waals surface area (Å²) in [7, 11) is 1.75. The summed E-state index contributed by atoms with van der Waals surface area (Å²) in [6.07, 6.45) is 1.60. The third kappa shape index (κ3) is 9.16. The molecule has 0 spiro atoms. The molecule has 0 aromatic heterocycles. The quantitative estimate of drug-likeness (QED) is 0.806. The van der Waals surface area contributed by atoms with Gasteiger partial charge in [-0.2, -0.15) is 0 Å². The number of hydrogen-bond acceptors (Lipinski definition) is 2. The summed E-state index contributed by atoms with van der Waals surface area (Å²) in [4.78, 5) is 13.6. The van der Waals surface area contributed by atoms with Crippen LogP contribution in [0.4, 0.5) is 0 Å². The number of carbonyl (C=O) groups is 1. The first-order chi connectivity index (χ1) is 7.41. The van der Waals surface area contributed by atoms with Gasteiger partial charge < -0.3 is 10.0 Å². The highest BCUT2D eigenvalue weighted by Crippen LogP contribution is 2.26. The summed E-state index contributed by atoms with van der Waals surface area (Å²) in [6, 6.07) is 0. The third-order valence-corrected chi connectivity index (χ3v) is 2.53. The maximum Gasteiger partial charge on any atom is 0.222 e. The Kier molecular flexibility index (Phi) is 5.66. The summed E-state index contributed by atoms with van der Waals surface area (Å²) in [5.41, 5.74) is -0.563. The van der Waals surface area contributed by atoms with Crippen LogP contribution in [0.1, 0.15) is 54.4 Å². The minimum absolute atomic E-state index is 0.115. The fourth-order valence-electron chi connectivity index (χ4n) is 2.24. The van der Waals surface area contributed by atoms with Crippen LogP contribution < -0.4 is 0 Å². The van der Waals surface area contributed by atoms with Gasteiger partial charge in [-0.25, -0.2) is 0 Å². The average Bonchev–Trinajstić information content (AvgIpc) is 1.95. The van der Waals surface area contributed by atoms with Crippen molar-refractivity contribution in [1.82, 2.24) is 4.90 Å². The molecule has 3 nitrogen and oxygen atoms in total. The lowest BCUT2D eigenvalue weighted by molar-refractivity contribution is -0.133. The molecule has 1 atom stereocenters. The van der Waals surface area contributed by atoms with Gasteiger partial charge >= 0.3 is 0 Å². The van der Waals surface area contributed by atoms with Gasteiger partial charge in [-0.15, -0.1) is 0 Å². The molecular formula is C14H29NO2. The Morgan fingerprint density at radius 3 is 2.06 bits per heavy atom. The number of rotatable bonds is 5. The lowest BCUT2D eigenvalue weighted by atomic mass is 9.84. The summed E-state index contributed by atoms with van der Waals surface area (Å²) in [6.45, 7) is 12.5. The topological polar surface area (TPSA) is 40.5 Å². The minimum atomic E-state index is -0.822. The molecule has 0 rings (SSSR count). The van der Waals surface area contributed by atoms with Gasteiger partial charge in [-0.3, -0.25) is 4.79 Å². The van der Waals surface area contributed by atoms with Crippen molar-refractivity contribution in [3.63, 3.8) is 0 Å². The van der Waals surface area contributed by atoms with E-state index in [4.69, 9.17) is 0 Å².